The van der Waals surface area contributed by atoms with Crippen molar-refractivity contribution < 1.29 is 0 Å². The van der Waals surface area contributed by atoms with Gasteiger partial charge in [0.15, 0.2) is 0 Å². The number of hydrogen-bond donors (Lipinski definition) is 1. The fourth-order valence-corrected chi connectivity index (χ4v) is 4.70. The first-order valence-electron chi connectivity index (χ1n) is 10.5. The lowest BCUT2D eigenvalue weighted by Crippen LogP contribution is -2.22. The number of allylic oxidation sites excluding steroid dienone is 4. The van der Waals surface area contributed by atoms with E-state index in [2.05, 4.69) is 80.7 Å². The fourth-order valence-electron chi connectivity index (χ4n) is 4.70. The van der Waals surface area contributed by atoms with E-state index >= 15 is 0 Å². The van der Waals surface area contributed by atoms with Crippen molar-refractivity contribution in [2.45, 2.75) is 58.9 Å². The van der Waals surface area contributed by atoms with Gasteiger partial charge in [-0.3, -0.25) is 0 Å². The van der Waals surface area contributed by atoms with Gasteiger partial charge in [0.05, 0.1) is 0 Å². The first-order chi connectivity index (χ1) is 13.1. The quantitative estimate of drug-likeness (QED) is 0.598. The largest absolute Gasteiger partial charge is 0.382 e. The van der Waals surface area contributed by atoms with Gasteiger partial charge in [0.2, 0.25) is 0 Å². The second-order valence-electron chi connectivity index (χ2n) is 8.30. The molecule has 0 radical (unpaired) electrons. The average molecular weight is 358 g/mol. The van der Waals surface area contributed by atoms with E-state index in [1.165, 1.54) is 71.2 Å². The minimum Gasteiger partial charge on any atom is -0.382 e. The highest BCUT2D eigenvalue weighted by atomic mass is 14.9. The van der Waals surface area contributed by atoms with E-state index < -0.39 is 0 Å². The van der Waals surface area contributed by atoms with Gasteiger partial charge in [-0.2, -0.15) is 0 Å². The van der Waals surface area contributed by atoms with Crippen LogP contribution in [0.5, 0.6) is 0 Å². The van der Waals surface area contributed by atoms with E-state index in [1.54, 1.807) is 0 Å². The van der Waals surface area contributed by atoms with Gasteiger partial charge in [-0.15, -0.1) is 0 Å². The van der Waals surface area contributed by atoms with Crippen LogP contribution < -0.4 is 5.32 Å². The van der Waals surface area contributed by atoms with E-state index in [1.807, 2.05) is 0 Å². The molecule has 0 spiro atoms. The third-order valence-electron chi connectivity index (χ3n) is 6.33. The van der Waals surface area contributed by atoms with Crippen LogP contribution in [0.3, 0.4) is 0 Å². The maximum Gasteiger partial charge on any atom is 0.0422 e. The Kier molecular flexibility index (Phi) is 5.20. The molecule has 1 unspecified atom stereocenters. The molecule has 0 saturated heterocycles. The van der Waals surface area contributed by atoms with Gasteiger partial charge in [-0.25, -0.2) is 0 Å². The van der Waals surface area contributed by atoms with Crippen LogP contribution in [0.25, 0.3) is 16.7 Å². The molecule has 0 aromatic heterocycles. The normalized spacial score (nSPS) is 20.7. The summed E-state index contributed by atoms with van der Waals surface area (Å²) < 4.78 is 0. The Balaban J connectivity index is 1.78. The molecule has 1 fully saturated rings. The molecular formula is C26H31N. The second kappa shape index (κ2) is 7.76. The third-order valence-corrected chi connectivity index (χ3v) is 6.33. The Labute approximate surface area is 164 Å². The minimum atomic E-state index is 0.530. The summed E-state index contributed by atoms with van der Waals surface area (Å²) in [6.07, 6.45) is 9.09. The smallest absolute Gasteiger partial charge is 0.0422 e. The Hall–Kier alpha value is -2.28. The zero-order chi connectivity index (χ0) is 18.8. The summed E-state index contributed by atoms with van der Waals surface area (Å²) in [6.45, 7) is 6.87. The van der Waals surface area contributed by atoms with Crippen LogP contribution >= 0.6 is 0 Å². The predicted octanol–water partition coefficient (Wildman–Crippen LogP) is 7.47. The number of nitrogens with one attached hydrogen (secondary N) is 1. The van der Waals surface area contributed by atoms with Crippen LogP contribution in [-0.2, 0) is 0 Å². The van der Waals surface area contributed by atoms with Gasteiger partial charge < -0.3 is 5.32 Å². The molecule has 2 aliphatic rings. The first-order valence-corrected chi connectivity index (χ1v) is 10.5. The second-order valence-corrected chi connectivity index (χ2v) is 8.30. The zero-order valence-corrected chi connectivity index (χ0v) is 16.9. The summed E-state index contributed by atoms with van der Waals surface area (Å²) >= 11 is 0. The van der Waals surface area contributed by atoms with Crippen molar-refractivity contribution in [3.63, 3.8) is 0 Å². The Morgan fingerprint density at radius 3 is 2.26 bits per heavy atom. The first kappa shape index (κ1) is 18.1. The van der Waals surface area contributed by atoms with E-state index in [-0.39, 0.29) is 0 Å². The molecular weight excluding hydrogens is 326 g/mol. The molecule has 0 bridgehead atoms. The van der Waals surface area contributed by atoms with E-state index in [4.69, 9.17) is 0 Å². The van der Waals surface area contributed by atoms with Crippen LogP contribution in [-0.4, -0.2) is 6.04 Å². The van der Waals surface area contributed by atoms with Crippen LogP contribution in [0.15, 0.2) is 65.8 Å². The number of hydrogen-bond acceptors (Lipinski definition) is 1. The highest BCUT2D eigenvalue weighted by Crippen LogP contribution is 2.42. The molecule has 2 aliphatic carbocycles. The lowest BCUT2D eigenvalue weighted by atomic mass is 9.91. The van der Waals surface area contributed by atoms with Crippen molar-refractivity contribution in [3.8, 4) is 11.1 Å². The molecule has 0 heterocycles. The van der Waals surface area contributed by atoms with Gasteiger partial charge in [-0.1, -0.05) is 74.2 Å². The van der Waals surface area contributed by atoms with E-state index in [0.29, 0.717) is 12.0 Å². The molecule has 1 atom stereocenters. The molecule has 2 aromatic rings. The van der Waals surface area contributed by atoms with Gasteiger partial charge in [0, 0.05) is 17.3 Å². The van der Waals surface area contributed by atoms with Crippen LogP contribution in [0.4, 0.5) is 5.69 Å². The lowest BCUT2D eigenvalue weighted by molar-refractivity contribution is 0.462. The molecule has 1 heteroatoms. The predicted molar refractivity (Wildman–Crippen MR) is 118 cm³/mol. The highest BCUT2D eigenvalue weighted by molar-refractivity contribution is 5.91. The molecule has 2 aromatic carbocycles. The van der Waals surface area contributed by atoms with Crippen molar-refractivity contribution in [3.05, 3.63) is 71.3 Å². The van der Waals surface area contributed by atoms with Crippen LogP contribution in [0, 0.1) is 5.92 Å². The zero-order valence-electron chi connectivity index (χ0n) is 16.9. The molecule has 140 valence electrons. The summed E-state index contributed by atoms with van der Waals surface area (Å²) in [6, 6.07) is 18.3. The summed E-state index contributed by atoms with van der Waals surface area (Å²) in [7, 11) is 0. The van der Waals surface area contributed by atoms with E-state index in [9.17, 15) is 0 Å². The van der Waals surface area contributed by atoms with Gasteiger partial charge in [0.25, 0.3) is 0 Å². The molecule has 1 N–H and O–H groups in total. The summed E-state index contributed by atoms with van der Waals surface area (Å²) in [5.41, 5.74) is 9.61. The molecule has 0 amide bonds. The summed E-state index contributed by atoms with van der Waals surface area (Å²) in [5.74, 6) is 0.530. The Bertz CT molecular complexity index is 866. The molecule has 4 rings (SSSR count). The monoisotopic (exact) mass is 357 g/mol. The third kappa shape index (κ3) is 3.74. The minimum absolute atomic E-state index is 0.530. The average Bonchev–Trinajstić information content (AvgIpc) is 2.95. The van der Waals surface area contributed by atoms with E-state index in [0.717, 1.165) is 0 Å². The topological polar surface area (TPSA) is 12.0 Å². The number of anilines is 1. The van der Waals surface area contributed by atoms with Crippen molar-refractivity contribution in [2.24, 2.45) is 5.92 Å². The SMILES string of the molecule is CC1=CC(C)C(C)=C1c1cc(-c2ccccc2)ccc1NC1CCCCC1. The Morgan fingerprint density at radius 2 is 1.59 bits per heavy atom. The van der Waals surface area contributed by atoms with Crippen molar-refractivity contribution in [1.82, 2.24) is 0 Å². The molecule has 1 nitrogen and oxygen atoms in total. The molecule has 1 saturated carbocycles. The molecule has 0 aliphatic heterocycles. The van der Waals surface area contributed by atoms with Crippen molar-refractivity contribution in [2.75, 3.05) is 5.32 Å². The van der Waals surface area contributed by atoms with Gasteiger partial charge in [0.1, 0.15) is 0 Å². The van der Waals surface area contributed by atoms with Crippen LogP contribution in [0.1, 0.15) is 58.4 Å². The fraction of sp³-hybridized carbons (Fsp3) is 0.385. The molecule has 27 heavy (non-hydrogen) atoms. The number of rotatable bonds is 4. The highest BCUT2D eigenvalue weighted by Gasteiger charge is 2.23. The maximum atomic E-state index is 3.90. The standard InChI is InChI=1S/C26H31N/c1-18-16-19(2)26(20(18)3)24-17-22(21-10-6-4-7-11-21)14-15-25(24)27-23-12-8-5-9-13-23/h4,6-7,10-11,14-18,23,27H,5,8-9,12-13H2,1-3H3. The van der Waals surface area contributed by atoms with Gasteiger partial charge >= 0.3 is 0 Å². The van der Waals surface area contributed by atoms with Crippen LogP contribution in [0.2, 0.25) is 0 Å². The summed E-state index contributed by atoms with van der Waals surface area (Å²) in [5, 5.41) is 3.90. The Morgan fingerprint density at radius 1 is 0.852 bits per heavy atom. The van der Waals surface area contributed by atoms with Crippen molar-refractivity contribution >= 4 is 11.3 Å². The lowest BCUT2D eigenvalue weighted by Gasteiger charge is -2.26. The van der Waals surface area contributed by atoms with Gasteiger partial charge in [-0.05, 0) is 67.0 Å². The number of benzene rings is 2. The van der Waals surface area contributed by atoms with Crippen molar-refractivity contribution in [1.29, 1.82) is 0 Å². The summed E-state index contributed by atoms with van der Waals surface area (Å²) in [4.78, 5) is 0. The maximum absolute atomic E-state index is 3.90.